The standard InChI is InChI=1S/C11H10BrFN2O2S2/c12-10-4-3-8(18-10)5-7-15-19(16,17)11-9(13)2-1-6-14-11/h1-4,6,15H,5,7H2. The van der Waals surface area contributed by atoms with Crippen LogP contribution >= 0.6 is 27.3 Å². The second-order valence-corrected chi connectivity index (χ2v) is 7.87. The number of nitrogens with zero attached hydrogens (tertiary/aromatic N) is 1. The van der Waals surface area contributed by atoms with Crippen LogP contribution in [0.1, 0.15) is 4.88 Å². The normalized spacial score (nSPS) is 11.7. The monoisotopic (exact) mass is 364 g/mol. The van der Waals surface area contributed by atoms with Crippen molar-refractivity contribution in [2.45, 2.75) is 11.4 Å². The van der Waals surface area contributed by atoms with E-state index in [9.17, 15) is 12.8 Å². The molecule has 102 valence electrons. The van der Waals surface area contributed by atoms with Gasteiger partial charge < -0.3 is 0 Å². The summed E-state index contributed by atoms with van der Waals surface area (Å²) in [5.74, 6) is -0.853. The van der Waals surface area contributed by atoms with Gasteiger partial charge in [-0.3, -0.25) is 0 Å². The number of thiophene rings is 1. The highest BCUT2D eigenvalue weighted by molar-refractivity contribution is 9.11. The zero-order valence-electron chi connectivity index (χ0n) is 9.64. The van der Waals surface area contributed by atoms with Gasteiger partial charge in [-0.15, -0.1) is 11.3 Å². The Morgan fingerprint density at radius 1 is 1.37 bits per heavy atom. The molecule has 0 saturated heterocycles. The van der Waals surface area contributed by atoms with Crippen LogP contribution in [-0.4, -0.2) is 19.9 Å². The van der Waals surface area contributed by atoms with E-state index in [2.05, 4.69) is 25.6 Å². The molecule has 2 rings (SSSR count). The zero-order valence-corrected chi connectivity index (χ0v) is 12.9. The molecule has 0 amide bonds. The second-order valence-electron chi connectivity index (χ2n) is 3.64. The van der Waals surface area contributed by atoms with Gasteiger partial charge >= 0.3 is 0 Å². The zero-order chi connectivity index (χ0) is 13.9. The van der Waals surface area contributed by atoms with E-state index in [4.69, 9.17) is 0 Å². The van der Waals surface area contributed by atoms with Gasteiger partial charge in [0.15, 0.2) is 5.82 Å². The van der Waals surface area contributed by atoms with Gasteiger partial charge in [-0.1, -0.05) is 0 Å². The molecule has 8 heteroatoms. The molecule has 0 aliphatic heterocycles. The number of hydrogen-bond donors (Lipinski definition) is 1. The Morgan fingerprint density at radius 3 is 2.79 bits per heavy atom. The van der Waals surface area contributed by atoms with Crippen LogP contribution in [0.2, 0.25) is 0 Å². The summed E-state index contributed by atoms with van der Waals surface area (Å²) in [5, 5.41) is -0.567. The van der Waals surface area contributed by atoms with Crippen LogP contribution in [0.4, 0.5) is 4.39 Å². The highest BCUT2D eigenvalue weighted by Crippen LogP contribution is 2.22. The molecule has 0 unspecified atom stereocenters. The van der Waals surface area contributed by atoms with Gasteiger partial charge in [0, 0.05) is 17.6 Å². The molecule has 1 N–H and O–H groups in total. The smallest absolute Gasteiger partial charge is 0.241 e. The first-order valence-electron chi connectivity index (χ1n) is 5.33. The Morgan fingerprint density at radius 2 is 2.16 bits per heavy atom. The van der Waals surface area contributed by atoms with E-state index in [1.807, 2.05) is 12.1 Å². The van der Waals surface area contributed by atoms with Crippen molar-refractivity contribution in [1.29, 1.82) is 0 Å². The Kier molecular flexibility index (Phi) is 4.67. The molecule has 2 aromatic rings. The topological polar surface area (TPSA) is 59.1 Å². The highest BCUT2D eigenvalue weighted by atomic mass is 79.9. The minimum atomic E-state index is -3.90. The van der Waals surface area contributed by atoms with Gasteiger partial charge in [-0.2, -0.15) is 0 Å². The molecule has 19 heavy (non-hydrogen) atoms. The van der Waals surface area contributed by atoms with E-state index < -0.39 is 20.9 Å². The number of pyridine rings is 1. The van der Waals surface area contributed by atoms with Crippen LogP contribution in [0.3, 0.4) is 0 Å². The largest absolute Gasteiger partial charge is 0.261 e. The molecule has 0 fully saturated rings. The Hall–Kier alpha value is -0.830. The van der Waals surface area contributed by atoms with E-state index in [1.165, 1.54) is 23.6 Å². The van der Waals surface area contributed by atoms with Crippen LogP contribution in [0.5, 0.6) is 0 Å². The van der Waals surface area contributed by atoms with Crippen molar-refractivity contribution in [1.82, 2.24) is 9.71 Å². The lowest BCUT2D eigenvalue weighted by Crippen LogP contribution is -2.27. The number of hydrogen-bond acceptors (Lipinski definition) is 4. The summed E-state index contributed by atoms with van der Waals surface area (Å²) >= 11 is 4.86. The van der Waals surface area contributed by atoms with Gasteiger partial charge in [0.1, 0.15) is 0 Å². The minimum absolute atomic E-state index is 0.200. The van der Waals surface area contributed by atoms with E-state index >= 15 is 0 Å². The van der Waals surface area contributed by atoms with Crippen molar-refractivity contribution < 1.29 is 12.8 Å². The summed E-state index contributed by atoms with van der Waals surface area (Å²) in [6.07, 6.45) is 1.79. The fourth-order valence-electron chi connectivity index (χ4n) is 1.43. The third kappa shape index (κ3) is 3.82. The molecule has 0 spiro atoms. The molecule has 2 heterocycles. The van der Waals surface area contributed by atoms with Gasteiger partial charge in [0.05, 0.1) is 3.79 Å². The molecule has 0 aliphatic rings. The fraction of sp³-hybridized carbons (Fsp3) is 0.182. The molecule has 0 saturated carbocycles. The SMILES string of the molecule is O=S(=O)(NCCc1ccc(Br)s1)c1ncccc1F. The van der Waals surface area contributed by atoms with Crippen molar-refractivity contribution in [3.8, 4) is 0 Å². The van der Waals surface area contributed by atoms with Crippen molar-refractivity contribution in [3.63, 3.8) is 0 Å². The summed E-state index contributed by atoms with van der Waals surface area (Å²) in [6, 6.07) is 6.22. The molecule has 0 aliphatic carbocycles. The first-order valence-corrected chi connectivity index (χ1v) is 8.43. The molecule has 4 nitrogen and oxygen atoms in total. The average Bonchev–Trinajstić information content (AvgIpc) is 2.75. The average molecular weight is 365 g/mol. The molecule has 0 aromatic carbocycles. The maximum atomic E-state index is 13.4. The van der Waals surface area contributed by atoms with Gasteiger partial charge in [-0.05, 0) is 46.6 Å². The van der Waals surface area contributed by atoms with Crippen molar-refractivity contribution in [3.05, 3.63) is 44.9 Å². The van der Waals surface area contributed by atoms with Crippen LogP contribution in [0.25, 0.3) is 0 Å². The summed E-state index contributed by atoms with van der Waals surface area (Å²) in [6.45, 7) is 0.200. The molecule has 0 atom stereocenters. The summed E-state index contributed by atoms with van der Waals surface area (Å²) in [5.41, 5.74) is 0. The molecule has 0 bridgehead atoms. The van der Waals surface area contributed by atoms with Gasteiger partial charge in [0.25, 0.3) is 10.0 Å². The predicted molar refractivity (Wildman–Crippen MR) is 75.1 cm³/mol. The quantitative estimate of drug-likeness (QED) is 0.886. The van der Waals surface area contributed by atoms with Crippen molar-refractivity contribution >= 4 is 37.3 Å². The minimum Gasteiger partial charge on any atom is -0.241 e. The van der Waals surface area contributed by atoms with Crippen LogP contribution in [-0.2, 0) is 16.4 Å². The lowest BCUT2D eigenvalue weighted by molar-refractivity contribution is 0.545. The number of sulfonamides is 1. The van der Waals surface area contributed by atoms with Crippen LogP contribution in [0.15, 0.2) is 39.3 Å². The lowest BCUT2D eigenvalue weighted by atomic mass is 10.3. The number of nitrogens with one attached hydrogen (secondary N) is 1. The summed E-state index contributed by atoms with van der Waals surface area (Å²) < 4.78 is 40.3. The van der Waals surface area contributed by atoms with Crippen LogP contribution < -0.4 is 4.72 Å². The summed E-state index contributed by atoms with van der Waals surface area (Å²) in [4.78, 5) is 4.59. The van der Waals surface area contributed by atoms with E-state index in [0.717, 1.165) is 14.7 Å². The number of aromatic nitrogens is 1. The van der Waals surface area contributed by atoms with Gasteiger partial charge in [0.2, 0.25) is 5.03 Å². The molecular formula is C11H10BrFN2O2S2. The Bertz CT molecular complexity index is 673. The maximum absolute atomic E-state index is 13.4. The maximum Gasteiger partial charge on any atom is 0.261 e. The van der Waals surface area contributed by atoms with E-state index in [1.54, 1.807) is 0 Å². The molecule has 0 radical (unpaired) electrons. The fourth-order valence-corrected chi connectivity index (χ4v) is 3.95. The molecular weight excluding hydrogens is 355 g/mol. The predicted octanol–water partition coefficient (Wildman–Crippen LogP) is 2.57. The number of rotatable bonds is 5. The van der Waals surface area contributed by atoms with E-state index in [0.29, 0.717) is 6.42 Å². The third-order valence-electron chi connectivity index (χ3n) is 2.27. The Balaban J connectivity index is 2.01. The highest BCUT2D eigenvalue weighted by Gasteiger charge is 2.19. The summed E-state index contributed by atoms with van der Waals surface area (Å²) in [7, 11) is -3.90. The lowest BCUT2D eigenvalue weighted by Gasteiger charge is -2.05. The third-order valence-corrected chi connectivity index (χ3v) is 5.35. The van der Waals surface area contributed by atoms with Crippen LogP contribution in [0, 0.1) is 5.82 Å². The van der Waals surface area contributed by atoms with Crippen molar-refractivity contribution in [2.75, 3.05) is 6.54 Å². The second kappa shape index (κ2) is 6.08. The van der Waals surface area contributed by atoms with Crippen molar-refractivity contribution in [2.24, 2.45) is 0 Å². The van der Waals surface area contributed by atoms with E-state index in [-0.39, 0.29) is 6.54 Å². The molecule has 2 aromatic heterocycles. The first kappa shape index (κ1) is 14.6. The first-order chi connectivity index (χ1) is 8.99. The number of halogens is 2. The Labute approximate surface area is 122 Å². The van der Waals surface area contributed by atoms with Gasteiger partial charge in [-0.25, -0.2) is 22.5 Å².